The number of aliphatic hydroxyl groups is 1. The molecule has 2 heteroatoms. The molecule has 1 aromatic carbocycles. The summed E-state index contributed by atoms with van der Waals surface area (Å²) in [5.41, 5.74) is 1.16. The van der Waals surface area contributed by atoms with Crippen LogP contribution < -0.4 is 4.74 Å². The highest BCUT2D eigenvalue weighted by Gasteiger charge is 2.21. The van der Waals surface area contributed by atoms with Crippen molar-refractivity contribution in [2.75, 3.05) is 7.11 Å². The number of rotatable bonds is 6. The maximum Gasteiger partial charge on any atom is 0.119 e. The SMILES string of the molecule is COc1cccc(CC(O)CCC2CC2)c1. The minimum absolute atomic E-state index is 0.201. The fraction of sp³-hybridized carbons (Fsp3) is 0.571. The number of benzene rings is 1. The van der Waals surface area contributed by atoms with Crippen LogP contribution in [0.25, 0.3) is 0 Å². The molecule has 1 saturated carbocycles. The normalized spacial score (nSPS) is 17.1. The van der Waals surface area contributed by atoms with Crippen LogP contribution in [0.3, 0.4) is 0 Å². The van der Waals surface area contributed by atoms with Gasteiger partial charge in [0.05, 0.1) is 13.2 Å². The Morgan fingerprint density at radius 1 is 1.44 bits per heavy atom. The van der Waals surface area contributed by atoms with Gasteiger partial charge in [0.2, 0.25) is 0 Å². The van der Waals surface area contributed by atoms with Gasteiger partial charge in [0.1, 0.15) is 5.75 Å². The topological polar surface area (TPSA) is 29.5 Å². The van der Waals surface area contributed by atoms with E-state index in [9.17, 15) is 5.11 Å². The third kappa shape index (κ3) is 3.53. The molecule has 0 aromatic heterocycles. The van der Waals surface area contributed by atoms with Gasteiger partial charge in [0.25, 0.3) is 0 Å². The predicted octanol–water partition coefficient (Wildman–Crippen LogP) is 2.79. The Balaban J connectivity index is 1.81. The molecule has 88 valence electrons. The molecule has 0 spiro atoms. The quantitative estimate of drug-likeness (QED) is 0.798. The highest BCUT2D eigenvalue weighted by atomic mass is 16.5. The summed E-state index contributed by atoms with van der Waals surface area (Å²) >= 11 is 0. The second kappa shape index (κ2) is 5.35. The van der Waals surface area contributed by atoms with Crippen LogP contribution in [0.15, 0.2) is 24.3 Å². The molecule has 0 aliphatic heterocycles. The zero-order chi connectivity index (χ0) is 11.4. The highest BCUT2D eigenvalue weighted by molar-refractivity contribution is 5.28. The predicted molar refractivity (Wildman–Crippen MR) is 64.7 cm³/mol. The lowest BCUT2D eigenvalue weighted by Gasteiger charge is -2.11. The third-order valence-corrected chi connectivity index (χ3v) is 3.21. The van der Waals surface area contributed by atoms with E-state index in [1.54, 1.807) is 7.11 Å². The van der Waals surface area contributed by atoms with Gasteiger partial charge in [-0.3, -0.25) is 0 Å². The summed E-state index contributed by atoms with van der Waals surface area (Å²) in [5, 5.41) is 9.90. The molecule has 1 atom stereocenters. The van der Waals surface area contributed by atoms with Gasteiger partial charge >= 0.3 is 0 Å². The summed E-state index contributed by atoms with van der Waals surface area (Å²) in [4.78, 5) is 0. The van der Waals surface area contributed by atoms with Crippen LogP contribution in [-0.2, 0) is 6.42 Å². The molecule has 1 aromatic rings. The smallest absolute Gasteiger partial charge is 0.119 e. The van der Waals surface area contributed by atoms with Crippen molar-refractivity contribution in [2.24, 2.45) is 5.92 Å². The van der Waals surface area contributed by atoms with Crippen LogP contribution >= 0.6 is 0 Å². The lowest BCUT2D eigenvalue weighted by Crippen LogP contribution is -2.10. The molecule has 2 nitrogen and oxygen atoms in total. The van der Waals surface area contributed by atoms with Crippen molar-refractivity contribution in [1.82, 2.24) is 0 Å². The first-order valence-electron chi connectivity index (χ1n) is 6.09. The van der Waals surface area contributed by atoms with Gasteiger partial charge in [-0.15, -0.1) is 0 Å². The molecule has 0 amide bonds. The molecule has 16 heavy (non-hydrogen) atoms. The number of methoxy groups -OCH3 is 1. The first-order valence-corrected chi connectivity index (χ1v) is 6.09. The summed E-state index contributed by atoms with van der Waals surface area (Å²) in [6, 6.07) is 7.95. The zero-order valence-electron chi connectivity index (χ0n) is 9.86. The fourth-order valence-corrected chi connectivity index (χ4v) is 2.01. The maximum absolute atomic E-state index is 9.90. The van der Waals surface area contributed by atoms with Crippen molar-refractivity contribution in [3.05, 3.63) is 29.8 Å². The first-order chi connectivity index (χ1) is 7.78. The molecule has 0 saturated heterocycles. The van der Waals surface area contributed by atoms with E-state index in [4.69, 9.17) is 4.74 Å². The van der Waals surface area contributed by atoms with Gasteiger partial charge in [0.15, 0.2) is 0 Å². The van der Waals surface area contributed by atoms with E-state index in [1.807, 2.05) is 24.3 Å². The van der Waals surface area contributed by atoms with Crippen molar-refractivity contribution in [3.8, 4) is 5.75 Å². The Morgan fingerprint density at radius 2 is 2.25 bits per heavy atom. The number of hydrogen-bond acceptors (Lipinski definition) is 2. The van der Waals surface area contributed by atoms with Crippen molar-refractivity contribution in [3.63, 3.8) is 0 Å². The summed E-state index contributed by atoms with van der Waals surface area (Å²) in [6.07, 6.45) is 5.39. The highest BCUT2D eigenvalue weighted by Crippen LogP contribution is 2.34. The molecule has 1 aliphatic rings. The van der Waals surface area contributed by atoms with Crippen molar-refractivity contribution in [1.29, 1.82) is 0 Å². The van der Waals surface area contributed by atoms with E-state index in [0.717, 1.165) is 30.1 Å². The van der Waals surface area contributed by atoms with E-state index < -0.39 is 0 Å². The first kappa shape index (κ1) is 11.5. The van der Waals surface area contributed by atoms with E-state index in [2.05, 4.69) is 0 Å². The molecule has 0 bridgehead atoms. The van der Waals surface area contributed by atoms with Gasteiger partial charge in [-0.2, -0.15) is 0 Å². The number of ether oxygens (including phenoxy) is 1. The minimum atomic E-state index is -0.201. The van der Waals surface area contributed by atoms with Crippen LogP contribution in [0.5, 0.6) is 5.75 Å². The minimum Gasteiger partial charge on any atom is -0.497 e. The summed E-state index contributed by atoms with van der Waals surface area (Å²) in [5.74, 6) is 1.77. The lowest BCUT2D eigenvalue weighted by atomic mass is 10.0. The van der Waals surface area contributed by atoms with Gasteiger partial charge < -0.3 is 9.84 Å². The van der Waals surface area contributed by atoms with Gasteiger partial charge in [0, 0.05) is 0 Å². The van der Waals surface area contributed by atoms with Crippen LogP contribution in [-0.4, -0.2) is 18.3 Å². The molecular weight excluding hydrogens is 200 g/mol. The summed E-state index contributed by atoms with van der Waals surface area (Å²) in [6.45, 7) is 0. The number of aliphatic hydroxyl groups excluding tert-OH is 1. The van der Waals surface area contributed by atoms with E-state index in [-0.39, 0.29) is 6.10 Å². The number of hydrogen-bond donors (Lipinski definition) is 1. The Hall–Kier alpha value is -1.02. The largest absolute Gasteiger partial charge is 0.497 e. The van der Waals surface area contributed by atoms with Crippen LogP contribution in [0.1, 0.15) is 31.2 Å². The van der Waals surface area contributed by atoms with E-state index in [0.29, 0.717) is 0 Å². The van der Waals surface area contributed by atoms with E-state index in [1.165, 1.54) is 19.3 Å². The second-order valence-corrected chi connectivity index (χ2v) is 4.73. The summed E-state index contributed by atoms with van der Waals surface area (Å²) < 4.78 is 5.16. The average molecular weight is 220 g/mol. The van der Waals surface area contributed by atoms with Gasteiger partial charge in [-0.05, 0) is 42.9 Å². The van der Waals surface area contributed by atoms with Gasteiger partial charge in [-0.25, -0.2) is 0 Å². The molecule has 2 rings (SSSR count). The standard InChI is InChI=1S/C14H20O2/c1-16-14-4-2-3-12(10-14)9-13(15)8-7-11-5-6-11/h2-4,10-11,13,15H,5-9H2,1H3. The van der Waals surface area contributed by atoms with Crippen molar-refractivity contribution >= 4 is 0 Å². The summed E-state index contributed by atoms with van der Waals surface area (Å²) in [7, 11) is 1.67. The third-order valence-electron chi connectivity index (χ3n) is 3.21. The van der Waals surface area contributed by atoms with Gasteiger partial charge in [-0.1, -0.05) is 25.0 Å². The molecule has 1 fully saturated rings. The molecule has 1 N–H and O–H groups in total. The fourth-order valence-electron chi connectivity index (χ4n) is 2.01. The second-order valence-electron chi connectivity index (χ2n) is 4.73. The molecular formula is C14H20O2. The Morgan fingerprint density at radius 3 is 2.94 bits per heavy atom. The van der Waals surface area contributed by atoms with Crippen LogP contribution in [0, 0.1) is 5.92 Å². The van der Waals surface area contributed by atoms with Crippen LogP contribution in [0.2, 0.25) is 0 Å². The van der Waals surface area contributed by atoms with Crippen LogP contribution in [0.4, 0.5) is 0 Å². The maximum atomic E-state index is 9.90. The zero-order valence-corrected chi connectivity index (χ0v) is 9.86. The lowest BCUT2D eigenvalue weighted by molar-refractivity contribution is 0.160. The molecule has 1 aliphatic carbocycles. The molecule has 0 heterocycles. The average Bonchev–Trinajstić information content (AvgIpc) is 3.10. The van der Waals surface area contributed by atoms with E-state index >= 15 is 0 Å². The van der Waals surface area contributed by atoms with Crippen molar-refractivity contribution < 1.29 is 9.84 Å². The Labute approximate surface area is 97.3 Å². The van der Waals surface area contributed by atoms with Crippen molar-refractivity contribution in [2.45, 2.75) is 38.2 Å². The Bertz CT molecular complexity index is 331. The molecule has 0 radical (unpaired) electrons. The monoisotopic (exact) mass is 220 g/mol. The molecule has 1 unspecified atom stereocenters. The Kier molecular flexibility index (Phi) is 3.83.